The number of para-hydroxylation sites is 1. The first kappa shape index (κ1) is 20.8. The van der Waals surface area contributed by atoms with E-state index in [1.807, 2.05) is 85.8 Å². The van der Waals surface area contributed by atoms with Crippen LogP contribution in [0.1, 0.15) is 12.0 Å². The van der Waals surface area contributed by atoms with E-state index < -0.39 is 0 Å². The molecule has 1 aliphatic heterocycles. The Bertz CT molecular complexity index is 1330. The Balaban J connectivity index is 1.24. The van der Waals surface area contributed by atoms with Gasteiger partial charge in [-0.1, -0.05) is 54.6 Å². The van der Waals surface area contributed by atoms with E-state index >= 15 is 0 Å². The van der Waals surface area contributed by atoms with Gasteiger partial charge in [-0.05, 0) is 54.3 Å². The van der Waals surface area contributed by atoms with Crippen LogP contribution in [0.3, 0.4) is 0 Å². The number of hydrogen-bond donors (Lipinski definition) is 1. The summed E-state index contributed by atoms with van der Waals surface area (Å²) in [4.78, 5) is 27.1. The number of aryl methyl sites for hydroxylation is 1. The number of carbonyl (C=O) groups is 2. The summed E-state index contributed by atoms with van der Waals surface area (Å²) in [5, 5.41) is 5.10. The molecule has 1 heterocycles. The van der Waals surface area contributed by atoms with Crippen molar-refractivity contribution >= 4 is 34.0 Å². The van der Waals surface area contributed by atoms with Gasteiger partial charge in [0.25, 0.3) is 0 Å². The number of carbonyl (C=O) groups excluding carboxylic acids is 2. The van der Waals surface area contributed by atoms with Crippen molar-refractivity contribution in [3.63, 3.8) is 0 Å². The van der Waals surface area contributed by atoms with Crippen molar-refractivity contribution in [2.75, 3.05) is 16.8 Å². The fourth-order valence-electron chi connectivity index (χ4n) is 4.24. The quantitative estimate of drug-likeness (QED) is 0.422. The van der Waals surface area contributed by atoms with Gasteiger partial charge in [0.05, 0.1) is 5.92 Å². The van der Waals surface area contributed by atoms with Crippen LogP contribution >= 0.6 is 0 Å². The zero-order valence-electron chi connectivity index (χ0n) is 18.3. The minimum absolute atomic E-state index is 0.0247. The Kier molecular flexibility index (Phi) is 5.53. The zero-order valence-corrected chi connectivity index (χ0v) is 18.3. The summed E-state index contributed by atoms with van der Waals surface area (Å²) in [6.07, 6.45) is 0.211. The number of nitrogens with zero attached hydrogens (tertiary/aromatic N) is 1. The molecular formula is C28H24N2O3. The van der Waals surface area contributed by atoms with E-state index in [-0.39, 0.29) is 24.2 Å². The van der Waals surface area contributed by atoms with Gasteiger partial charge in [0.2, 0.25) is 11.8 Å². The molecule has 33 heavy (non-hydrogen) atoms. The van der Waals surface area contributed by atoms with Crippen molar-refractivity contribution in [3.8, 4) is 11.5 Å². The molecule has 0 spiro atoms. The van der Waals surface area contributed by atoms with Crippen LogP contribution in [0.5, 0.6) is 11.5 Å². The fourth-order valence-corrected chi connectivity index (χ4v) is 4.24. The van der Waals surface area contributed by atoms with Crippen molar-refractivity contribution in [1.82, 2.24) is 0 Å². The second-order valence-electron chi connectivity index (χ2n) is 8.28. The van der Waals surface area contributed by atoms with Crippen LogP contribution < -0.4 is 15.0 Å². The molecule has 1 aliphatic rings. The standard InChI is InChI=1S/C28H24N2O3/c1-19-7-2-5-11-25(19)30-18-21(17-27(30)31)28(32)29-22-13-15-23(16-14-22)33-26-12-6-9-20-8-3-4-10-24(20)26/h2-16,21H,17-18H2,1H3,(H,29,32)/t21-/m0/s1. The summed E-state index contributed by atoms with van der Waals surface area (Å²) in [5.74, 6) is 0.908. The average Bonchev–Trinajstić information content (AvgIpc) is 3.22. The van der Waals surface area contributed by atoms with Gasteiger partial charge in [0.1, 0.15) is 11.5 Å². The molecule has 0 unspecified atom stereocenters. The van der Waals surface area contributed by atoms with Gasteiger partial charge in [-0.2, -0.15) is 0 Å². The Hall–Kier alpha value is -4.12. The molecule has 0 aromatic heterocycles. The lowest BCUT2D eigenvalue weighted by molar-refractivity contribution is -0.122. The third-order valence-electron chi connectivity index (χ3n) is 6.00. The van der Waals surface area contributed by atoms with Crippen LogP contribution in [0.2, 0.25) is 0 Å². The number of anilines is 2. The van der Waals surface area contributed by atoms with E-state index in [9.17, 15) is 9.59 Å². The van der Waals surface area contributed by atoms with Gasteiger partial charge in [-0.15, -0.1) is 0 Å². The third kappa shape index (κ3) is 4.30. The molecule has 1 atom stereocenters. The molecule has 4 aromatic rings. The van der Waals surface area contributed by atoms with E-state index in [0.717, 1.165) is 27.8 Å². The number of ether oxygens (including phenoxy) is 1. The lowest BCUT2D eigenvalue weighted by Crippen LogP contribution is -2.28. The third-order valence-corrected chi connectivity index (χ3v) is 6.00. The number of hydrogen-bond acceptors (Lipinski definition) is 3. The lowest BCUT2D eigenvalue weighted by Gasteiger charge is -2.19. The summed E-state index contributed by atoms with van der Waals surface area (Å²) < 4.78 is 6.08. The van der Waals surface area contributed by atoms with E-state index in [1.54, 1.807) is 4.90 Å². The smallest absolute Gasteiger partial charge is 0.229 e. The second-order valence-corrected chi connectivity index (χ2v) is 8.28. The number of benzene rings is 4. The molecule has 5 heteroatoms. The summed E-state index contributed by atoms with van der Waals surface area (Å²) in [6, 6.07) is 29.1. The van der Waals surface area contributed by atoms with E-state index in [1.165, 1.54) is 0 Å². The average molecular weight is 437 g/mol. The van der Waals surface area contributed by atoms with Gasteiger partial charge < -0.3 is 15.0 Å². The maximum atomic E-state index is 12.8. The highest BCUT2D eigenvalue weighted by Crippen LogP contribution is 2.31. The first-order valence-corrected chi connectivity index (χ1v) is 11.0. The predicted octanol–water partition coefficient (Wildman–Crippen LogP) is 5.93. The molecule has 1 saturated heterocycles. The topological polar surface area (TPSA) is 58.6 Å². The summed E-state index contributed by atoms with van der Waals surface area (Å²) in [7, 11) is 0. The largest absolute Gasteiger partial charge is 0.457 e. The Morgan fingerprint density at radius 1 is 0.909 bits per heavy atom. The minimum Gasteiger partial charge on any atom is -0.457 e. The molecule has 2 amide bonds. The lowest BCUT2D eigenvalue weighted by atomic mass is 10.1. The van der Waals surface area contributed by atoms with Crippen LogP contribution in [0.4, 0.5) is 11.4 Å². The molecule has 5 rings (SSSR count). The number of fused-ring (bicyclic) bond motifs is 1. The summed E-state index contributed by atoms with van der Waals surface area (Å²) >= 11 is 0. The van der Waals surface area contributed by atoms with Crippen molar-refractivity contribution < 1.29 is 14.3 Å². The molecule has 1 N–H and O–H groups in total. The van der Waals surface area contributed by atoms with Crippen LogP contribution in [0.15, 0.2) is 91.0 Å². The molecule has 0 radical (unpaired) electrons. The van der Waals surface area contributed by atoms with Gasteiger partial charge in [-0.3, -0.25) is 9.59 Å². The highest BCUT2D eigenvalue weighted by Gasteiger charge is 2.35. The van der Waals surface area contributed by atoms with Crippen LogP contribution in [0.25, 0.3) is 10.8 Å². The molecule has 0 saturated carbocycles. The van der Waals surface area contributed by atoms with E-state index in [0.29, 0.717) is 18.0 Å². The van der Waals surface area contributed by atoms with Crippen LogP contribution in [-0.2, 0) is 9.59 Å². The first-order valence-electron chi connectivity index (χ1n) is 11.0. The predicted molar refractivity (Wildman–Crippen MR) is 131 cm³/mol. The minimum atomic E-state index is -0.385. The van der Waals surface area contributed by atoms with E-state index in [2.05, 4.69) is 17.4 Å². The number of rotatable bonds is 5. The Morgan fingerprint density at radius 2 is 1.64 bits per heavy atom. The van der Waals surface area contributed by atoms with Gasteiger partial charge in [-0.25, -0.2) is 0 Å². The molecule has 4 aromatic carbocycles. The van der Waals surface area contributed by atoms with E-state index in [4.69, 9.17) is 4.74 Å². The zero-order chi connectivity index (χ0) is 22.8. The SMILES string of the molecule is Cc1ccccc1N1C[C@@H](C(=O)Nc2ccc(Oc3cccc4ccccc34)cc2)CC1=O. The highest BCUT2D eigenvalue weighted by atomic mass is 16.5. The molecule has 164 valence electrons. The molecule has 0 aliphatic carbocycles. The molecular weight excluding hydrogens is 412 g/mol. The van der Waals surface area contributed by atoms with Crippen molar-refractivity contribution in [2.24, 2.45) is 5.92 Å². The van der Waals surface area contributed by atoms with Gasteiger partial charge >= 0.3 is 0 Å². The highest BCUT2D eigenvalue weighted by molar-refractivity contribution is 6.03. The number of nitrogens with one attached hydrogen (secondary N) is 1. The number of amides is 2. The van der Waals surface area contributed by atoms with Crippen molar-refractivity contribution in [3.05, 3.63) is 96.6 Å². The Labute approximate surface area is 192 Å². The van der Waals surface area contributed by atoms with Crippen molar-refractivity contribution in [2.45, 2.75) is 13.3 Å². The monoisotopic (exact) mass is 436 g/mol. The van der Waals surface area contributed by atoms with Crippen molar-refractivity contribution in [1.29, 1.82) is 0 Å². The van der Waals surface area contributed by atoms with Gasteiger partial charge in [0, 0.05) is 29.7 Å². The fraction of sp³-hybridized carbons (Fsp3) is 0.143. The second kappa shape index (κ2) is 8.79. The molecule has 5 nitrogen and oxygen atoms in total. The molecule has 1 fully saturated rings. The van der Waals surface area contributed by atoms with Crippen LogP contribution in [0, 0.1) is 12.8 Å². The van der Waals surface area contributed by atoms with Gasteiger partial charge in [0.15, 0.2) is 0 Å². The Morgan fingerprint density at radius 3 is 2.45 bits per heavy atom. The maximum absolute atomic E-state index is 12.8. The molecule has 0 bridgehead atoms. The summed E-state index contributed by atoms with van der Waals surface area (Å²) in [6.45, 7) is 2.36. The summed E-state index contributed by atoms with van der Waals surface area (Å²) in [5.41, 5.74) is 2.56. The van der Waals surface area contributed by atoms with Crippen LogP contribution in [-0.4, -0.2) is 18.4 Å². The normalized spacial score (nSPS) is 15.6. The maximum Gasteiger partial charge on any atom is 0.229 e. The first-order chi connectivity index (χ1) is 16.1.